The van der Waals surface area contributed by atoms with Gasteiger partial charge in [0.05, 0.1) is 29.5 Å². The zero-order chi connectivity index (χ0) is 17.3. The second-order valence-electron chi connectivity index (χ2n) is 5.36. The summed E-state index contributed by atoms with van der Waals surface area (Å²) in [5.74, 6) is -0.362. The Bertz CT molecular complexity index is 811. The molecule has 2 aromatic carbocycles. The monoisotopic (exact) mass is 336 g/mol. The number of nitrogens with one attached hydrogen (secondary N) is 1. The highest BCUT2D eigenvalue weighted by molar-refractivity contribution is 5.60. The quantitative estimate of drug-likeness (QED) is 0.812. The van der Waals surface area contributed by atoms with Gasteiger partial charge < -0.3 is 10.1 Å². The molecule has 0 spiro atoms. The summed E-state index contributed by atoms with van der Waals surface area (Å²) in [6, 6.07) is 8.84. The van der Waals surface area contributed by atoms with Crippen LogP contribution >= 0.6 is 0 Å². The number of nitrogens with zero attached hydrogens (tertiary/aromatic N) is 1. The van der Waals surface area contributed by atoms with Gasteiger partial charge in [0.25, 0.3) is 0 Å². The number of hydrogen-bond donors (Lipinski definition) is 1. The molecule has 0 fully saturated rings. The lowest BCUT2D eigenvalue weighted by atomic mass is 9.99. The molecule has 1 heterocycles. The van der Waals surface area contributed by atoms with Crippen LogP contribution in [0.2, 0.25) is 0 Å². The number of fused-ring (bicyclic) bond motifs is 1. The van der Waals surface area contributed by atoms with Crippen LogP contribution in [0.3, 0.4) is 0 Å². The van der Waals surface area contributed by atoms with E-state index in [-0.39, 0.29) is 29.6 Å². The van der Waals surface area contributed by atoms with E-state index < -0.39 is 17.6 Å². The highest BCUT2D eigenvalue weighted by atomic mass is 19.4. The molecule has 3 rings (SSSR count). The first kappa shape index (κ1) is 16.1. The van der Waals surface area contributed by atoms with Crippen LogP contribution in [-0.4, -0.2) is 6.61 Å². The maximum absolute atomic E-state index is 13.8. The number of anilines is 1. The molecule has 3 nitrogen and oxygen atoms in total. The maximum atomic E-state index is 13.8. The summed E-state index contributed by atoms with van der Waals surface area (Å²) < 4.78 is 57.3. The van der Waals surface area contributed by atoms with Crippen molar-refractivity contribution >= 4 is 5.69 Å². The van der Waals surface area contributed by atoms with Crippen LogP contribution in [0.15, 0.2) is 36.4 Å². The molecule has 124 valence electrons. The SMILES string of the molecule is N#Cc1cc(C(F)(F)F)ccc1N[C@H]1CCOc2c(F)cccc21. The van der Waals surface area contributed by atoms with E-state index in [0.717, 1.165) is 12.1 Å². The van der Waals surface area contributed by atoms with Crippen molar-refractivity contribution in [3.63, 3.8) is 0 Å². The summed E-state index contributed by atoms with van der Waals surface area (Å²) >= 11 is 0. The summed E-state index contributed by atoms with van der Waals surface area (Å²) in [4.78, 5) is 0. The summed E-state index contributed by atoms with van der Waals surface area (Å²) in [5.41, 5.74) is -0.157. The van der Waals surface area contributed by atoms with Crippen LogP contribution < -0.4 is 10.1 Å². The van der Waals surface area contributed by atoms with Gasteiger partial charge in [-0.2, -0.15) is 18.4 Å². The van der Waals surface area contributed by atoms with Crippen molar-refractivity contribution < 1.29 is 22.3 Å². The van der Waals surface area contributed by atoms with Crippen LogP contribution in [0.5, 0.6) is 5.75 Å². The Morgan fingerprint density at radius 3 is 2.71 bits per heavy atom. The van der Waals surface area contributed by atoms with Gasteiger partial charge in [0.15, 0.2) is 11.6 Å². The number of benzene rings is 2. The standard InChI is InChI=1S/C17H12F4N2O/c18-13-3-1-2-12-15(6-7-24-16(12)13)23-14-5-4-11(17(19,20)21)8-10(14)9-22/h1-5,8,15,23H,6-7H2/t15-/m0/s1. The normalized spacial score (nSPS) is 16.7. The number of halogens is 4. The Hall–Kier alpha value is -2.75. The van der Waals surface area contributed by atoms with Gasteiger partial charge >= 0.3 is 6.18 Å². The first-order chi connectivity index (χ1) is 11.4. The minimum Gasteiger partial charge on any atom is -0.490 e. The Kier molecular flexibility index (Phi) is 4.06. The molecule has 0 unspecified atom stereocenters. The van der Waals surface area contributed by atoms with Crippen LogP contribution in [0, 0.1) is 17.1 Å². The van der Waals surface area contributed by atoms with Gasteiger partial charge in [0.2, 0.25) is 0 Å². The van der Waals surface area contributed by atoms with Gasteiger partial charge in [0, 0.05) is 12.0 Å². The lowest BCUT2D eigenvalue weighted by Gasteiger charge is -2.28. The van der Waals surface area contributed by atoms with E-state index in [0.29, 0.717) is 12.0 Å². The Balaban J connectivity index is 1.93. The molecule has 2 aromatic rings. The number of nitriles is 1. The predicted octanol–water partition coefficient (Wildman–Crippen LogP) is 4.65. The summed E-state index contributed by atoms with van der Waals surface area (Å²) in [5, 5.41) is 12.2. The number of para-hydroxylation sites is 1. The highest BCUT2D eigenvalue weighted by Gasteiger charge is 2.31. The molecular formula is C17H12F4N2O. The molecule has 0 saturated heterocycles. The molecule has 0 bridgehead atoms. The fourth-order valence-corrected chi connectivity index (χ4v) is 2.66. The first-order valence-electron chi connectivity index (χ1n) is 7.19. The number of alkyl halides is 3. The summed E-state index contributed by atoms with van der Waals surface area (Å²) in [6.07, 6.45) is -4.01. The van der Waals surface area contributed by atoms with Crippen molar-refractivity contribution in [3.8, 4) is 11.8 Å². The van der Waals surface area contributed by atoms with Crippen LogP contribution in [0.4, 0.5) is 23.2 Å². The van der Waals surface area contributed by atoms with Crippen molar-refractivity contribution in [1.29, 1.82) is 5.26 Å². The molecule has 1 aliphatic heterocycles. The molecule has 0 amide bonds. The molecule has 0 aromatic heterocycles. The molecule has 24 heavy (non-hydrogen) atoms. The third kappa shape index (κ3) is 3.00. The Labute approximate surface area is 135 Å². The van der Waals surface area contributed by atoms with Crippen molar-refractivity contribution in [2.75, 3.05) is 11.9 Å². The van der Waals surface area contributed by atoms with E-state index in [1.54, 1.807) is 12.1 Å². The molecule has 0 saturated carbocycles. The van der Waals surface area contributed by atoms with E-state index in [1.165, 1.54) is 18.2 Å². The lowest BCUT2D eigenvalue weighted by molar-refractivity contribution is -0.137. The smallest absolute Gasteiger partial charge is 0.416 e. The zero-order valence-corrected chi connectivity index (χ0v) is 12.3. The van der Waals surface area contributed by atoms with Gasteiger partial charge in [-0.1, -0.05) is 12.1 Å². The first-order valence-corrected chi connectivity index (χ1v) is 7.19. The molecular weight excluding hydrogens is 324 g/mol. The van der Waals surface area contributed by atoms with E-state index in [2.05, 4.69) is 5.32 Å². The topological polar surface area (TPSA) is 45.0 Å². The largest absolute Gasteiger partial charge is 0.490 e. The third-order valence-corrected chi connectivity index (χ3v) is 3.82. The molecule has 0 radical (unpaired) electrons. The zero-order valence-electron chi connectivity index (χ0n) is 12.3. The summed E-state index contributed by atoms with van der Waals surface area (Å²) in [7, 11) is 0. The maximum Gasteiger partial charge on any atom is 0.416 e. The average Bonchev–Trinajstić information content (AvgIpc) is 2.55. The molecule has 7 heteroatoms. The van der Waals surface area contributed by atoms with Gasteiger partial charge in [-0.15, -0.1) is 0 Å². The van der Waals surface area contributed by atoms with E-state index >= 15 is 0 Å². The summed E-state index contributed by atoms with van der Waals surface area (Å²) in [6.45, 7) is 0.272. The second-order valence-corrected chi connectivity index (χ2v) is 5.36. The van der Waals surface area contributed by atoms with E-state index in [1.807, 2.05) is 0 Å². The second kappa shape index (κ2) is 6.04. The minimum atomic E-state index is -4.52. The van der Waals surface area contributed by atoms with Gasteiger partial charge in [0.1, 0.15) is 6.07 Å². The Morgan fingerprint density at radius 2 is 2.00 bits per heavy atom. The van der Waals surface area contributed by atoms with Gasteiger partial charge in [-0.3, -0.25) is 0 Å². The Morgan fingerprint density at radius 1 is 1.21 bits per heavy atom. The molecule has 1 atom stereocenters. The van der Waals surface area contributed by atoms with Crippen LogP contribution in [0.1, 0.15) is 29.2 Å². The van der Waals surface area contributed by atoms with Gasteiger partial charge in [-0.05, 0) is 24.3 Å². The lowest BCUT2D eigenvalue weighted by Crippen LogP contribution is -2.21. The predicted molar refractivity (Wildman–Crippen MR) is 79.0 cm³/mol. The van der Waals surface area contributed by atoms with Crippen LogP contribution in [-0.2, 0) is 6.18 Å². The van der Waals surface area contributed by atoms with Crippen molar-refractivity contribution in [2.24, 2.45) is 0 Å². The fraction of sp³-hybridized carbons (Fsp3) is 0.235. The number of rotatable bonds is 2. The average molecular weight is 336 g/mol. The molecule has 1 aliphatic rings. The van der Waals surface area contributed by atoms with Crippen molar-refractivity contribution in [3.05, 3.63) is 58.9 Å². The van der Waals surface area contributed by atoms with Gasteiger partial charge in [-0.25, -0.2) is 4.39 Å². The van der Waals surface area contributed by atoms with E-state index in [9.17, 15) is 17.6 Å². The number of ether oxygens (including phenoxy) is 1. The minimum absolute atomic E-state index is 0.116. The molecule has 1 N–H and O–H groups in total. The van der Waals surface area contributed by atoms with Crippen molar-refractivity contribution in [1.82, 2.24) is 0 Å². The fourth-order valence-electron chi connectivity index (χ4n) is 2.66. The van der Waals surface area contributed by atoms with Crippen molar-refractivity contribution in [2.45, 2.75) is 18.6 Å². The third-order valence-electron chi connectivity index (χ3n) is 3.82. The molecule has 0 aliphatic carbocycles. The van der Waals surface area contributed by atoms with E-state index in [4.69, 9.17) is 10.00 Å². The number of hydrogen-bond acceptors (Lipinski definition) is 3. The van der Waals surface area contributed by atoms with Crippen LogP contribution in [0.25, 0.3) is 0 Å². The highest BCUT2D eigenvalue weighted by Crippen LogP contribution is 2.37.